The van der Waals surface area contributed by atoms with Gasteiger partial charge in [0.2, 0.25) is 10.0 Å². The van der Waals surface area contributed by atoms with E-state index in [1.807, 2.05) is 6.92 Å². The molecule has 0 saturated heterocycles. The maximum absolute atomic E-state index is 11.6. The van der Waals surface area contributed by atoms with Gasteiger partial charge in [-0.05, 0) is 13.3 Å². The van der Waals surface area contributed by atoms with Crippen LogP contribution in [0.5, 0.6) is 0 Å². The Morgan fingerprint density at radius 3 is 2.29 bits per heavy atom. The zero-order valence-electron chi connectivity index (χ0n) is 12.9. The molecule has 0 aliphatic rings. The molecule has 0 amide bonds. The molecule has 8 heteroatoms. The first-order chi connectivity index (χ1) is 10.0. The maximum atomic E-state index is 11.6. The number of nitrogens with one attached hydrogen (secondary N) is 3. The van der Waals surface area contributed by atoms with Crippen LogP contribution in [0.2, 0.25) is 0 Å². The fourth-order valence-corrected chi connectivity index (χ4v) is 2.76. The summed E-state index contributed by atoms with van der Waals surface area (Å²) in [6.45, 7) is 7.31. The lowest BCUT2D eigenvalue weighted by atomic mass is 10.3. The molecule has 1 aromatic heterocycles. The summed E-state index contributed by atoms with van der Waals surface area (Å²) in [5.41, 5.74) is 0. The van der Waals surface area contributed by atoms with E-state index < -0.39 is 10.0 Å². The number of hydrogen-bond donors (Lipinski definition) is 3. The first-order valence-corrected chi connectivity index (χ1v) is 8.99. The molecule has 3 N–H and O–H groups in total. The van der Waals surface area contributed by atoms with Crippen molar-refractivity contribution in [1.29, 1.82) is 0 Å². The Labute approximate surface area is 127 Å². The van der Waals surface area contributed by atoms with Crippen molar-refractivity contribution in [2.45, 2.75) is 33.6 Å². The summed E-state index contributed by atoms with van der Waals surface area (Å²) >= 11 is 0. The summed E-state index contributed by atoms with van der Waals surface area (Å²) in [7, 11) is -3.21. The Morgan fingerprint density at radius 2 is 1.71 bits per heavy atom. The molecule has 0 radical (unpaired) electrons. The van der Waals surface area contributed by atoms with Gasteiger partial charge in [0.1, 0.15) is 17.5 Å². The summed E-state index contributed by atoms with van der Waals surface area (Å²) in [5.74, 6) is 2.18. The van der Waals surface area contributed by atoms with Gasteiger partial charge in [-0.1, -0.05) is 13.8 Å². The Morgan fingerprint density at radius 1 is 1.05 bits per heavy atom. The van der Waals surface area contributed by atoms with Crippen LogP contribution in [0.25, 0.3) is 0 Å². The number of hydrogen-bond acceptors (Lipinski definition) is 6. The molecule has 0 atom stereocenters. The van der Waals surface area contributed by atoms with Crippen LogP contribution >= 0.6 is 0 Å². The van der Waals surface area contributed by atoms with Crippen LogP contribution in [-0.2, 0) is 16.4 Å². The van der Waals surface area contributed by atoms with Gasteiger partial charge in [0.25, 0.3) is 0 Å². The zero-order valence-corrected chi connectivity index (χ0v) is 13.8. The molecule has 21 heavy (non-hydrogen) atoms. The monoisotopic (exact) mass is 315 g/mol. The molecule has 0 fully saturated rings. The standard InChI is InChI=1S/C13H25N5O2S/c1-4-7-11-17-12(14-5-2)10-13(18-11)15-8-9-21(19,20)16-6-3/h10,16H,4-9H2,1-3H3,(H2,14,15,17,18). The van der Waals surface area contributed by atoms with Crippen molar-refractivity contribution in [3.8, 4) is 0 Å². The number of nitrogens with zero attached hydrogens (tertiary/aromatic N) is 2. The van der Waals surface area contributed by atoms with Gasteiger partial charge in [0.15, 0.2) is 0 Å². The molecule has 0 saturated carbocycles. The van der Waals surface area contributed by atoms with Crippen molar-refractivity contribution in [2.75, 3.05) is 36.0 Å². The van der Waals surface area contributed by atoms with E-state index in [9.17, 15) is 8.42 Å². The summed E-state index contributed by atoms with van der Waals surface area (Å²) in [4.78, 5) is 8.80. The average molecular weight is 315 g/mol. The van der Waals surface area contributed by atoms with Crippen molar-refractivity contribution < 1.29 is 8.42 Å². The lowest BCUT2D eigenvalue weighted by molar-refractivity contribution is 0.584. The Hall–Kier alpha value is -1.41. The first kappa shape index (κ1) is 17.6. The zero-order chi connectivity index (χ0) is 15.7. The lowest BCUT2D eigenvalue weighted by Gasteiger charge is -2.10. The average Bonchev–Trinajstić information content (AvgIpc) is 2.39. The topological polar surface area (TPSA) is 96.0 Å². The van der Waals surface area contributed by atoms with E-state index >= 15 is 0 Å². The summed E-state index contributed by atoms with van der Waals surface area (Å²) < 4.78 is 25.6. The van der Waals surface area contributed by atoms with Gasteiger partial charge in [-0.25, -0.2) is 23.1 Å². The van der Waals surface area contributed by atoms with E-state index in [-0.39, 0.29) is 5.75 Å². The molecule has 1 rings (SSSR count). The number of aryl methyl sites for hydroxylation is 1. The van der Waals surface area contributed by atoms with Gasteiger partial charge >= 0.3 is 0 Å². The number of aromatic nitrogens is 2. The molecular formula is C13H25N5O2S. The highest BCUT2D eigenvalue weighted by atomic mass is 32.2. The smallest absolute Gasteiger partial charge is 0.213 e. The third-order valence-corrected chi connectivity index (χ3v) is 4.12. The van der Waals surface area contributed by atoms with Gasteiger partial charge < -0.3 is 10.6 Å². The molecule has 7 nitrogen and oxygen atoms in total. The third kappa shape index (κ3) is 6.72. The SMILES string of the molecule is CCCc1nc(NCC)cc(NCCS(=O)(=O)NCC)n1. The van der Waals surface area contributed by atoms with E-state index in [0.717, 1.165) is 31.0 Å². The van der Waals surface area contributed by atoms with Gasteiger partial charge in [-0.2, -0.15) is 0 Å². The van der Waals surface area contributed by atoms with Gasteiger partial charge in [0, 0.05) is 32.1 Å². The number of sulfonamides is 1. The second kappa shape index (κ2) is 8.78. The summed E-state index contributed by atoms with van der Waals surface area (Å²) in [6, 6.07) is 1.79. The van der Waals surface area contributed by atoms with Gasteiger partial charge in [-0.15, -0.1) is 0 Å². The minimum absolute atomic E-state index is 0.0183. The van der Waals surface area contributed by atoms with Gasteiger partial charge in [0.05, 0.1) is 5.75 Å². The fourth-order valence-electron chi connectivity index (χ4n) is 1.80. The highest BCUT2D eigenvalue weighted by Crippen LogP contribution is 2.12. The molecule has 0 unspecified atom stereocenters. The quantitative estimate of drug-likeness (QED) is 0.600. The molecule has 1 heterocycles. The normalized spacial score (nSPS) is 11.4. The van der Waals surface area contributed by atoms with Crippen molar-refractivity contribution in [2.24, 2.45) is 0 Å². The largest absolute Gasteiger partial charge is 0.370 e. The Bertz CT molecular complexity index is 509. The van der Waals surface area contributed by atoms with Crippen LogP contribution < -0.4 is 15.4 Å². The minimum atomic E-state index is -3.21. The molecular weight excluding hydrogens is 290 g/mol. The van der Waals surface area contributed by atoms with Crippen LogP contribution in [0, 0.1) is 0 Å². The summed E-state index contributed by atoms with van der Waals surface area (Å²) in [5, 5.41) is 6.20. The Kier molecular flexibility index (Phi) is 7.38. The van der Waals surface area contributed by atoms with Gasteiger partial charge in [-0.3, -0.25) is 0 Å². The van der Waals surface area contributed by atoms with E-state index in [1.54, 1.807) is 13.0 Å². The van der Waals surface area contributed by atoms with Crippen LogP contribution in [0.3, 0.4) is 0 Å². The van der Waals surface area contributed by atoms with Crippen LogP contribution in [-0.4, -0.2) is 43.8 Å². The molecule has 0 bridgehead atoms. The predicted molar refractivity (Wildman–Crippen MR) is 86.1 cm³/mol. The van der Waals surface area contributed by atoms with E-state index in [4.69, 9.17) is 0 Å². The Balaban J connectivity index is 2.68. The minimum Gasteiger partial charge on any atom is -0.370 e. The maximum Gasteiger partial charge on any atom is 0.213 e. The second-order valence-corrected chi connectivity index (χ2v) is 6.50. The number of rotatable bonds is 10. The van der Waals surface area contributed by atoms with Crippen molar-refractivity contribution >= 4 is 21.7 Å². The molecule has 0 spiro atoms. The van der Waals surface area contributed by atoms with Crippen LogP contribution in [0.1, 0.15) is 33.0 Å². The van der Waals surface area contributed by atoms with E-state index in [0.29, 0.717) is 18.9 Å². The molecule has 0 aromatic carbocycles. The third-order valence-electron chi connectivity index (χ3n) is 2.65. The molecule has 1 aromatic rings. The highest BCUT2D eigenvalue weighted by Gasteiger charge is 2.09. The van der Waals surface area contributed by atoms with E-state index in [1.165, 1.54) is 0 Å². The van der Waals surface area contributed by atoms with Crippen molar-refractivity contribution in [3.63, 3.8) is 0 Å². The fraction of sp³-hybridized carbons (Fsp3) is 0.692. The van der Waals surface area contributed by atoms with Crippen molar-refractivity contribution in [1.82, 2.24) is 14.7 Å². The highest BCUT2D eigenvalue weighted by molar-refractivity contribution is 7.89. The molecule has 120 valence electrons. The second-order valence-electron chi connectivity index (χ2n) is 4.58. The summed E-state index contributed by atoms with van der Waals surface area (Å²) in [6.07, 6.45) is 1.76. The lowest BCUT2D eigenvalue weighted by Crippen LogP contribution is -2.29. The molecule has 0 aliphatic heterocycles. The van der Waals surface area contributed by atoms with E-state index in [2.05, 4.69) is 32.2 Å². The molecule has 0 aliphatic carbocycles. The van der Waals surface area contributed by atoms with Crippen LogP contribution in [0.4, 0.5) is 11.6 Å². The number of anilines is 2. The predicted octanol–water partition coefficient (Wildman–Crippen LogP) is 1.21. The first-order valence-electron chi connectivity index (χ1n) is 7.33. The van der Waals surface area contributed by atoms with Crippen molar-refractivity contribution in [3.05, 3.63) is 11.9 Å². The van der Waals surface area contributed by atoms with Crippen LogP contribution in [0.15, 0.2) is 6.07 Å².